The van der Waals surface area contributed by atoms with E-state index in [0.717, 1.165) is 10.6 Å². The first-order chi connectivity index (χ1) is 10.1. The van der Waals surface area contributed by atoms with Gasteiger partial charge in [-0.15, -0.1) is 11.8 Å². The largest absolute Gasteiger partial charge is 0.389 e. The first-order valence-electron chi connectivity index (χ1n) is 6.93. The van der Waals surface area contributed by atoms with Crippen LogP contribution in [0.3, 0.4) is 0 Å². The summed E-state index contributed by atoms with van der Waals surface area (Å²) in [6, 6.07) is 14.8. The smallest absolute Gasteiger partial charge is 0.255 e. The number of thioether (sulfide) groups is 1. The maximum absolute atomic E-state index is 12.3. The summed E-state index contributed by atoms with van der Waals surface area (Å²) in [5.74, 6) is 0.837. The third-order valence-corrected chi connectivity index (χ3v) is 3.98. The normalized spacial score (nSPS) is 12.0. The van der Waals surface area contributed by atoms with Crippen molar-refractivity contribution < 1.29 is 9.90 Å². The number of rotatable bonds is 5. The second kappa shape index (κ2) is 7.29. The van der Waals surface area contributed by atoms with Gasteiger partial charge in [-0.05, 0) is 43.0 Å². The van der Waals surface area contributed by atoms with Crippen LogP contribution in [-0.4, -0.2) is 16.8 Å². The molecule has 0 aliphatic carbocycles. The fourth-order valence-electron chi connectivity index (χ4n) is 2.04. The minimum Gasteiger partial charge on any atom is -0.389 e. The molecule has 1 unspecified atom stereocenters. The van der Waals surface area contributed by atoms with Gasteiger partial charge in [0, 0.05) is 21.7 Å². The van der Waals surface area contributed by atoms with Crippen LogP contribution in [-0.2, 0) is 0 Å². The van der Waals surface area contributed by atoms with Crippen molar-refractivity contribution in [3.8, 4) is 0 Å². The third kappa shape index (κ3) is 4.09. The zero-order chi connectivity index (χ0) is 15.2. The van der Waals surface area contributed by atoms with E-state index in [4.69, 9.17) is 0 Å². The Kier molecular flexibility index (Phi) is 5.42. The number of hydrogen-bond acceptors (Lipinski definition) is 3. The van der Waals surface area contributed by atoms with Crippen LogP contribution in [0.15, 0.2) is 53.4 Å². The summed E-state index contributed by atoms with van der Waals surface area (Å²) in [4.78, 5) is 13.4. The van der Waals surface area contributed by atoms with E-state index in [0.29, 0.717) is 16.8 Å². The standard InChI is InChI=1S/C17H19NO2S/c1-3-21-14-10-8-13(9-11-14)17(20)18-16-7-5-4-6-15(16)12(2)19/h4-12,19H,3H2,1-2H3,(H,18,20). The topological polar surface area (TPSA) is 49.3 Å². The van der Waals surface area contributed by atoms with Crippen LogP contribution in [0, 0.1) is 0 Å². The average molecular weight is 301 g/mol. The summed E-state index contributed by atoms with van der Waals surface area (Å²) in [6.45, 7) is 3.78. The van der Waals surface area contributed by atoms with Gasteiger partial charge in [0.1, 0.15) is 0 Å². The van der Waals surface area contributed by atoms with Gasteiger partial charge in [-0.2, -0.15) is 0 Å². The van der Waals surface area contributed by atoms with Crippen molar-refractivity contribution in [2.45, 2.75) is 24.8 Å². The van der Waals surface area contributed by atoms with Crippen molar-refractivity contribution in [3.05, 3.63) is 59.7 Å². The molecular formula is C17H19NO2S. The molecule has 1 amide bonds. The third-order valence-electron chi connectivity index (χ3n) is 3.09. The molecule has 0 bridgehead atoms. The van der Waals surface area contributed by atoms with E-state index in [1.807, 2.05) is 36.4 Å². The van der Waals surface area contributed by atoms with Gasteiger partial charge in [0.2, 0.25) is 0 Å². The van der Waals surface area contributed by atoms with Gasteiger partial charge >= 0.3 is 0 Å². The highest BCUT2D eigenvalue weighted by Gasteiger charge is 2.11. The average Bonchev–Trinajstić information content (AvgIpc) is 2.48. The van der Waals surface area contributed by atoms with Crippen LogP contribution in [0.5, 0.6) is 0 Å². The molecule has 2 aromatic carbocycles. The van der Waals surface area contributed by atoms with Crippen LogP contribution in [0.25, 0.3) is 0 Å². The molecular weight excluding hydrogens is 282 g/mol. The Bertz CT molecular complexity index is 608. The summed E-state index contributed by atoms with van der Waals surface area (Å²) in [7, 11) is 0. The second-order valence-corrected chi connectivity index (χ2v) is 6.01. The molecule has 0 aromatic heterocycles. The Morgan fingerprint density at radius 3 is 2.48 bits per heavy atom. The number of benzene rings is 2. The zero-order valence-corrected chi connectivity index (χ0v) is 13.0. The Morgan fingerprint density at radius 1 is 1.19 bits per heavy atom. The monoisotopic (exact) mass is 301 g/mol. The molecule has 21 heavy (non-hydrogen) atoms. The van der Waals surface area contributed by atoms with Gasteiger partial charge < -0.3 is 10.4 Å². The minimum absolute atomic E-state index is 0.170. The molecule has 0 fully saturated rings. The van der Waals surface area contributed by atoms with E-state index >= 15 is 0 Å². The molecule has 0 aliphatic rings. The number of carbonyl (C=O) groups excluding carboxylic acids is 1. The van der Waals surface area contributed by atoms with Crippen molar-refractivity contribution in [3.63, 3.8) is 0 Å². The van der Waals surface area contributed by atoms with E-state index in [1.54, 1.807) is 30.8 Å². The number of aliphatic hydroxyl groups excluding tert-OH is 1. The number of nitrogens with one attached hydrogen (secondary N) is 1. The number of carbonyl (C=O) groups is 1. The van der Waals surface area contributed by atoms with Crippen molar-refractivity contribution in [2.75, 3.05) is 11.1 Å². The van der Waals surface area contributed by atoms with Crippen LogP contribution < -0.4 is 5.32 Å². The highest BCUT2D eigenvalue weighted by Crippen LogP contribution is 2.23. The first-order valence-corrected chi connectivity index (χ1v) is 7.91. The van der Waals surface area contributed by atoms with Crippen LogP contribution >= 0.6 is 11.8 Å². The van der Waals surface area contributed by atoms with Crippen LogP contribution in [0.2, 0.25) is 0 Å². The van der Waals surface area contributed by atoms with E-state index in [-0.39, 0.29) is 5.91 Å². The van der Waals surface area contributed by atoms with Gasteiger partial charge in [-0.1, -0.05) is 25.1 Å². The van der Waals surface area contributed by atoms with Crippen LogP contribution in [0.1, 0.15) is 35.9 Å². The molecule has 2 N–H and O–H groups in total. The lowest BCUT2D eigenvalue weighted by atomic mass is 10.1. The van der Waals surface area contributed by atoms with E-state index in [1.165, 1.54) is 0 Å². The summed E-state index contributed by atoms with van der Waals surface area (Å²) < 4.78 is 0. The van der Waals surface area contributed by atoms with Gasteiger partial charge in [0.25, 0.3) is 5.91 Å². The lowest BCUT2D eigenvalue weighted by molar-refractivity contribution is 0.102. The van der Waals surface area contributed by atoms with Gasteiger partial charge in [-0.3, -0.25) is 4.79 Å². The Balaban J connectivity index is 2.14. The van der Waals surface area contributed by atoms with E-state index < -0.39 is 6.10 Å². The molecule has 2 rings (SSSR count). The predicted octanol–water partition coefficient (Wildman–Crippen LogP) is 4.10. The fourth-order valence-corrected chi connectivity index (χ4v) is 2.70. The van der Waals surface area contributed by atoms with Gasteiger partial charge in [0.05, 0.1) is 6.10 Å². The maximum Gasteiger partial charge on any atom is 0.255 e. The fraction of sp³-hybridized carbons (Fsp3) is 0.235. The lowest BCUT2D eigenvalue weighted by Gasteiger charge is -2.13. The Labute approximate surface area is 129 Å². The quantitative estimate of drug-likeness (QED) is 0.817. The number of para-hydroxylation sites is 1. The molecule has 0 heterocycles. The molecule has 0 radical (unpaired) electrons. The summed E-state index contributed by atoms with van der Waals surface area (Å²) in [6.07, 6.45) is -0.621. The molecule has 0 spiro atoms. The highest BCUT2D eigenvalue weighted by atomic mass is 32.2. The van der Waals surface area contributed by atoms with Crippen molar-refractivity contribution >= 4 is 23.4 Å². The Morgan fingerprint density at radius 2 is 1.86 bits per heavy atom. The summed E-state index contributed by atoms with van der Waals surface area (Å²) >= 11 is 1.74. The summed E-state index contributed by atoms with van der Waals surface area (Å²) in [5, 5.41) is 12.6. The number of hydrogen-bond donors (Lipinski definition) is 2. The van der Waals surface area contributed by atoms with Crippen molar-refractivity contribution in [1.29, 1.82) is 0 Å². The minimum atomic E-state index is -0.621. The highest BCUT2D eigenvalue weighted by molar-refractivity contribution is 7.99. The van der Waals surface area contributed by atoms with Gasteiger partial charge in [0.15, 0.2) is 0 Å². The number of amides is 1. The number of aliphatic hydroxyl groups is 1. The number of anilines is 1. The SMILES string of the molecule is CCSc1ccc(C(=O)Nc2ccccc2C(C)O)cc1. The molecule has 110 valence electrons. The molecule has 3 nitrogen and oxygen atoms in total. The van der Waals surface area contributed by atoms with Crippen molar-refractivity contribution in [2.24, 2.45) is 0 Å². The maximum atomic E-state index is 12.3. The van der Waals surface area contributed by atoms with Crippen molar-refractivity contribution in [1.82, 2.24) is 0 Å². The molecule has 1 atom stereocenters. The zero-order valence-electron chi connectivity index (χ0n) is 12.2. The summed E-state index contributed by atoms with van der Waals surface area (Å²) in [5.41, 5.74) is 1.96. The van der Waals surface area contributed by atoms with Gasteiger partial charge in [-0.25, -0.2) is 0 Å². The van der Waals surface area contributed by atoms with Crippen LogP contribution in [0.4, 0.5) is 5.69 Å². The molecule has 0 aliphatic heterocycles. The second-order valence-electron chi connectivity index (χ2n) is 4.67. The lowest BCUT2D eigenvalue weighted by Crippen LogP contribution is -2.13. The molecule has 0 saturated heterocycles. The van der Waals surface area contributed by atoms with E-state index in [9.17, 15) is 9.90 Å². The molecule has 0 saturated carbocycles. The Hall–Kier alpha value is -1.78. The molecule has 4 heteroatoms. The predicted molar refractivity (Wildman–Crippen MR) is 87.9 cm³/mol. The van der Waals surface area contributed by atoms with E-state index in [2.05, 4.69) is 12.2 Å². The molecule has 2 aromatic rings. The first kappa shape index (κ1) is 15.6.